The lowest BCUT2D eigenvalue weighted by Gasteiger charge is -2.19. The van der Waals surface area contributed by atoms with Crippen molar-refractivity contribution in [2.75, 3.05) is 20.1 Å². The summed E-state index contributed by atoms with van der Waals surface area (Å²) in [6, 6.07) is 16.9. The Morgan fingerprint density at radius 2 is 1.53 bits per heavy atom. The molecule has 0 saturated carbocycles. The highest BCUT2D eigenvalue weighted by Crippen LogP contribution is 2.23. The van der Waals surface area contributed by atoms with Crippen LogP contribution in [0.5, 0.6) is 0 Å². The molecule has 0 N–H and O–H groups in total. The fraction of sp³-hybridized carbons (Fsp3) is 0.292. The Bertz CT molecular complexity index is 1050. The number of Topliss-reactive ketones (excluding diaryl/α,β-unsaturated/α-hetero) is 1. The van der Waals surface area contributed by atoms with Crippen LogP contribution in [0.2, 0.25) is 0 Å². The predicted molar refractivity (Wildman–Crippen MR) is 117 cm³/mol. The molecule has 0 saturated heterocycles. The van der Waals surface area contributed by atoms with Gasteiger partial charge in [-0.25, -0.2) is 0 Å². The predicted octanol–water partition coefficient (Wildman–Crippen LogP) is 3.35. The van der Waals surface area contributed by atoms with E-state index in [0.717, 1.165) is 11.1 Å². The topological polar surface area (TPSA) is 62.6 Å². The van der Waals surface area contributed by atoms with Crippen LogP contribution in [0.3, 0.4) is 0 Å². The molecule has 3 rings (SSSR count). The lowest BCUT2D eigenvalue weighted by atomic mass is 10.1. The van der Waals surface area contributed by atoms with E-state index in [0.29, 0.717) is 30.6 Å². The summed E-state index contributed by atoms with van der Waals surface area (Å²) in [5, 5.41) is 0.677. The Hall–Kier alpha value is -3.41. The van der Waals surface area contributed by atoms with Crippen LogP contribution >= 0.6 is 0 Å². The SMILES string of the molecule is CCN(CC)C(=O)Cn1cc(C(=O)C(=O)N(C)Cc2ccccc2)c2ccccc21. The number of carbonyl (C=O) groups is 3. The van der Waals surface area contributed by atoms with Crippen molar-refractivity contribution in [1.82, 2.24) is 14.4 Å². The molecule has 0 atom stereocenters. The normalized spacial score (nSPS) is 10.8. The Morgan fingerprint density at radius 1 is 0.900 bits per heavy atom. The maximum absolute atomic E-state index is 13.0. The number of ketones is 1. The maximum Gasteiger partial charge on any atom is 0.295 e. The first-order chi connectivity index (χ1) is 14.5. The van der Waals surface area contributed by atoms with Crippen LogP contribution in [0.25, 0.3) is 10.9 Å². The van der Waals surface area contributed by atoms with Gasteiger partial charge in [0.1, 0.15) is 6.54 Å². The molecular weight excluding hydrogens is 378 g/mol. The summed E-state index contributed by atoms with van der Waals surface area (Å²) in [6.45, 7) is 5.61. The lowest BCUT2D eigenvalue weighted by Crippen LogP contribution is -2.33. The summed E-state index contributed by atoms with van der Waals surface area (Å²) in [5.74, 6) is -1.16. The van der Waals surface area contributed by atoms with Crippen LogP contribution in [-0.2, 0) is 22.7 Å². The van der Waals surface area contributed by atoms with E-state index in [2.05, 4.69) is 0 Å². The number of rotatable bonds is 8. The summed E-state index contributed by atoms with van der Waals surface area (Å²) in [7, 11) is 1.62. The zero-order valence-electron chi connectivity index (χ0n) is 17.7. The van der Waals surface area contributed by atoms with E-state index in [1.54, 1.807) is 22.7 Å². The molecule has 0 aliphatic rings. The number of aromatic nitrogens is 1. The van der Waals surface area contributed by atoms with Gasteiger partial charge < -0.3 is 14.4 Å². The number of hydrogen-bond acceptors (Lipinski definition) is 3. The molecule has 0 unspecified atom stereocenters. The number of para-hydroxylation sites is 1. The van der Waals surface area contributed by atoms with Crippen molar-refractivity contribution >= 4 is 28.5 Å². The molecule has 0 bridgehead atoms. The van der Waals surface area contributed by atoms with Gasteiger partial charge in [0.2, 0.25) is 5.91 Å². The minimum absolute atomic E-state index is 0.0210. The van der Waals surface area contributed by atoms with Crippen molar-refractivity contribution in [1.29, 1.82) is 0 Å². The molecule has 2 aromatic carbocycles. The summed E-state index contributed by atoms with van der Waals surface area (Å²) < 4.78 is 1.76. The molecule has 1 heterocycles. The number of carbonyl (C=O) groups excluding carboxylic acids is 3. The smallest absolute Gasteiger partial charge is 0.295 e. The Kier molecular flexibility index (Phi) is 6.67. The van der Waals surface area contributed by atoms with Gasteiger partial charge in [-0.1, -0.05) is 48.5 Å². The van der Waals surface area contributed by atoms with E-state index in [1.807, 2.05) is 68.4 Å². The highest BCUT2D eigenvalue weighted by molar-refractivity contribution is 6.44. The zero-order chi connectivity index (χ0) is 21.7. The number of nitrogens with zero attached hydrogens (tertiary/aromatic N) is 3. The van der Waals surface area contributed by atoms with E-state index in [1.165, 1.54) is 4.90 Å². The molecule has 3 aromatic rings. The average molecular weight is 405 g/mol. The molecule has 0 spiro atoms. The molecule has 6 nitrogen and oxygen atoms in total. The minimum atomic E-state index is -0.572. The van der Waals surface area contributed by atoms with Crippen molar-refractivity contribution in [3.8, 4) is 0 Å². The van der Waals surface area contributed by atoms with E-state index >= 15 is 0 Å². The van der Waals surface area contributed by atoms with Gasteiger partial charge in [-0.05, 0) is 25.5 Å². The number of likely N-dealkylation sites (N-methyl/N-ethyl adjacent to an activating group) is 2. The first kappa shape index (κ1) is 21.3. The largest absolute Gasteiger partial charge is 0.342 e. The molecule has 0 fully saturated rings. The van der Waals surface area contributed by atoms with Crippen LogP contribution in [0.15, 0.2) is 60.8 Å². The van der Waals surface area contributed by atoms with E-state index < -0.39 is 11.7 Å². The van der Waals surface area contributed by atoms with Gasteiger partial charge in [-0.15, -0.1) is 0 Å². The lowest BCUT2D eigenvalue weighted by molar-refractivity contribution is -0.131. The number of fused-ring (bicyclic) bond motifs is 1. The molecule has 0 aliphatic carbocycles. The maximum atomic E-state index is 13.0. The number of amides is 2. The fourth-order valence-electron chi connectivity index (χ4n) is 3.60. The molecule has 30 heavy (non-hydrogen) atoms. The van der Waals surface area contributed by atoms with E-state index in [9.17, 15) is 14.4 Å². The molecule has 156 valence electrons. The van der Waals surface area contributed by atoms with Gasteiger partial charge in [-0.3, -0.25) is 14.4 Å². The average Bonchev–Trinajstić information content (AvgIpc) is 3.12. The van der Waals surface area contributed by atoms with Crippen LogP contribution in [-0.4, -0.2) is 52.1 Å². The molecular formula is C24H27N3O3. The second-order valence-corrected chi connectivity index (χ2v) is 7.23. The Labute approximate surface area is 176 Å². The van der Waals surface area contributed by atoms with Crippen LogP contribution in [0.4, 0.5) is 0 Å². The zero-order valence-corrected chi connectivity index (χ0v) is 17.7. The second-order valence-electron chi connectivity index (χ2n) is 7.23. The third kappa shape index (κ3) is 4.43. The molecule has 0 aliphatic heterocycles. The van der Waals surface area contributed by atoms with Gasteiger partial charge in [0.05, 0.1) is 5.56 Å². The summed E-state index contributed by atoms with van der Waals surface area (Å²) in [6.07, 6.45) is 1.63. The van der Waals surface area contributed by atoms with Crippen molar-refractivity contribution in [2.45, 2.75) is 26.9 Å². The molecule has 0 radical (unpaired) electrons. The van der Waals surface area contributed by atoms with Crippen molar-refractivity contribution in [2.24, 2.45) is 0 Å². The van der Waals surface area contributed by atoms with Crippen molar-refractivity contribution in [3.63, 3.8) is 0 Å². The second kappa shape index (κ2) is 9.39. The summed E-state index contributed by atoms with van der Waals surface area (Å²) in [5.41, 5.74) is 2.04. The Morgan fingerprint density at radius 3 is 2.20 bits per heavy atom. The van der Waals surface area contributed by atoms with Gasteiger partial charge in [0.15, 0.2) is 0 Å². The minimum Gasteiger partial charge on any atom is -0.342 e. The number of benzene rings is 2. The third-order valence-corrected chi connectivity index (χ3v) is 5.26. The quantitative estimate of drug-likeness (QED) is 0.426. The highest BCUT2D eigenvalue weighted by atomic mass is 16.2. The number of hydrogen-bond donors (Lipinski definition) is 0. The standard InChI is InChI=1S/C24H27N3O3/c1-4-26(5-2)22(28)17-27-16-20(19-13-9-10-14-21(19)27)23(29)24(30)25(3)15-18-11-7-6-8-12-18/h6-14,16H,4-5,15,17H2,1-3H3. The van der Waals surface area contributed by atoms with Gasteiger partial charge in [-0.2, -0.15) is 0 Å². The molecule has 6 heteroatoms. The summed E-state index contributed by atoms with van der Waals surface area (Å²) >= 11 is 0. The van der Waals surface area contributed by atoms with E-state index in [4.69, 9.17) is 0 Å². The summed E-state index contributed by atoms with van der Waals surface area (Å²) in [4.78, 5) is 41.6. The fourth-order valence-corrected chi connectivity index (χ4v) is 3.60. The molecule has 1 aromatic heterocycles. The van der Waals surface area contributed by atoms with Gasteiger partial charge >= 0.3 is 0 Å². The highest BCUT2D eigenvalue weighted by Gasteiger charge is 2.25. The van der Waals surface area contributed by atoms with Crippen LogP contribution < -0.4 is 0 Å². The first-order valence-electron chi connectivity index (χ1n) is 10.2. The van der Waals surface area contributed by atoms with Crippen LogP contribution in [0.1, 0.15) is 29.8 Å². The van der Waals surface area contributed by atoms with Crippen molar-refractivity contribution < 1.29 is 14.4 Å². The van der Waals surface area contributed by atoms with E-state index in [-0.39, 0.29) is 12.5 Å². The van der Waals surface area contributed by atoms with Crippen LogP contribution in [0, 0.1) is 0 Å². The molecule has 2 amide bonds. The van der Waals surface area contributed by atoms with Gasteiger partial charge in [0, 0.05) is 43.8 Å². The monoisotopic (exact) mass is 405 g/mol. The first-order valence-corrected chi connectivity index (χ1v) is 10.2. The third-order valence-electron chi connectivity index (χ3n) is 5.26. The Balaban J connectivity index is 1.87. The van der Waals surface area contributed by atoms with Gasteiger partial charge in [0.25, 0.3) is 11.7 Å². The van der Waals surface area contributed by atoms with Crippen molar-refractivity contribution in [3.05, 3.63) is 71.9 Å².